The zero-order valence-corrected chi connectivity index (χ0v) is 13.3. The third-order valence-corrected chi connectivity index (χ3v) is 4.67. The summed E-state index contributed by atoms with van der Waals surface area (Å²) in [4.78, 5) is 0. The number of fused-ring (bicyclic) bond motifs is 1. The molecular weight excluding hydrogens is 282 g/mol. The van der Waals surface area contributed by atoms with Crippen molar-refractivity contribution >= 4 is 22.7 Å². The molecule has 0 radical (unpaired) electrons. The molecule has 0 spiro atoms. The first-order valence-corrected chi connectivity index (χ1v) is 7.95. The maximum atomic E-state index is 5.95. The van der Waals surface area contributed by atoms with E-state index in [4.69, 9.17) is 4.42 Å². The molecule has 0 amide bonds. The van der Waals surface area contributed by atoms with Gasteiger partial charge in [-0.2, -0.15) is 5.10 Å². The Hall–Kier alpha value is -1.72. The highest BCUT2D eigenvalue weighted by atomic mass is 32.2. The predicted molar refractivity (Wildman–Crippen MR) is 86.7 cm³/mol. The number of rotatable bonds is 5. The summed E-state index contributed by atoms with van der Waals surface area (Å²) in [6, 6.07) is 12.5. The Morgan fingerprint density at radius 1 is 1.33 bits per heavy atom. The van der Waals surface area contributed by atoms with Crippen molar-refractivity contribution in [3.05, 3.63) is 47.9 Å². The lowest BCUT2D eigenvalue weighted by Crippen LogP contribution is -2.18. The summed E-state index contributed by atoms with van der Waals surface area (Å²) in [7, 11) is 3.94. The monoisotopic (exact) mass is 301 g/mol. The highest BCUT2D eigenvalue weighted by molar-refractivity contribution is 7.99. The zero-order chi connectivity index (χ0) is 14.8. The lowest BCUT2D eigenvalue weighted by atomic mass is 10.2. The number of thioether (sulfide) groups is 1. The Bertz CT molecular complexity index is 714. The normalized spacial score (nSPS) is 12.9. The molecule has 0 saturated heterocycles. The van der Waals surface area contributed by atoms with Crippen LogP contribution in [-0.2, 0) is 7.05 Å². The van der Waals surface area contributed by atoms with E-state index in [1.807, 2.05) is 43.9 Å². The smallest absolute Gasteiger partial charge is 0.134 e. The summed E-state index contributed by atoms with van der Waals surface area (Å²) in [6.45, 7) is 2.01. The SMILES string of the molecule is CNC(CSc1cc(C)nn1C)c1cc2ccccc2o1. The maximum absolute atomic E-state index is 5.95. The fraction of sp³-hybridized carbons (Fsp3) is 0.312. The summed E-state index contributed by atoms with van der Waals surface area (Å²) in [5.74, 6) is 1.88. The Morgan fingerprint density at radius 3 is 2.81 bits per heavy atom. The van der Waals surface area contributed by atoms with E-state index in [0.717, 1.165) is 28.2 Å². The molecule has 0 fully saturated rings. The minimum absolute atomic E-state index is 0.178. The molecule has 1 N–H and O–H groups in total. The highest BCUT2D eigenvalue weighted by Gasteiger charge is 2.16. The lowest BCUT2D eigenvalue weighted by molar-refractivity contribution is 0.479. The molecule has 2 heterocycles. The van der Waals surface area contributed by atoms with Crippen LogP contribution in [0.1, 0.15) is 17.5 Å². The van der Waals surface area contributed by atoms with Gasteiger partial charge in [0, 0.05) is 18.2 Å². The fourth-order valence-corrected chi connectivity index (χ4v) is 3.52. The largest absolute Gasteiger partial charge is 0.459 e. The molecule has 0 aliphatic rings. The van der Waals surface area contributed by atoms with Gasteiger partial charge in [0.25, 0.3) is 0 Å². The third-order valence-electron chi connectivity index (χ3n) is 3.49. The second-order valence-corrected chi connectivity index (χ2v) is 6.13. The topological polar surface area (TPSA) is 43.0 Å². The quantitative estimate of drug-likeness (QED) is 0.732. The summed E-state index contributed by atoms with van der Waals surface area (Å²) < 4.78 is 7.87. The van der Waals surface area contributed by atoms with Crippen LogP contribution in [-0.4, -0.2) is 22.6 Å². The molecule has 1 unspecified atom stereocenters. The van der Waals surface area contributed by atoms with Gasteiger partial charge < -0.3 is 9.73 Å². The number of hydrogen-bond acceptors (Lipinski definition) is 4. The van der Waals surface area contributed by atoms with Crippen LogP contribution in [0.25, 0.3) is 11.0 Å². The van der Waals surface area contributed by atoms with E-state index in [-0.39, 0.29) is 6.04 Å². The first-order valence-electron chi connectivity index (χ1n) is 6.96. The number of furan rings is 1. The van der Waals surface area contributed by atoms with Gasteiger partial charge in [0.05, 0.1) is 16.8 Å². The summed E-state index contributed by atoms with van der Waals surface area (Å²) in [5.41, 5.74) is 1.99. The van der Waals surface area contributed by atoms with Crippen molar-refractivity contribution in [1.82, 2.24) is 15.1 Å². The summed E-state index contributed by atoms with van der Waals surface area (Å²) in [6.07, 6.45) is 0. The van der Waals surface area contributed by atoms with Crippen LogP contribution in [0.3, 0.4) is 0 Å². The third kappa shape index (κ3) is 2.99. The number of nitrogens with zero attached hydrogens (tertiary/aromatic N) is 2. The standard InChI is InChI=1S/C16H19N3OS/c1-11-8-16(19(3)18-11)21-10-13(17-2)15-9-12-6-4-5-7-14(12)20-15/h4-9,13,17H,10H2,1-3H3. The maximum Gasteiger partial charge on any atom is 0.134 e. The van der Waals surface area contributed by atoms with Crippen molar-refractivity contribution in [2.75, 3.05) is 12.8 Å². The van der Waals surface area contributed by atoms with Crippen molar-refractivity contribution in [1.29, 1.82) is 0 Å². The Balaban J connectivity index is 1.77. The Kier molecular flexibility index (Phi) is 4.03. The number of aryl methyl sites for hydroxylation is 2. The Morgan fingerprint density at radius 2 is 2.14 bits per heavy atom. The van der Waals surface area contributed by atoms with Gasteiger partial charge in [0.15, 0.2) is 0 Å². The van der Waals surface area contributed by atoms with E-state index < -0.39 is 0 Å². The van der Waals surface area contributed by atoms with Crippen molar-refractivity contribution in [3.63, 3.8) is 0 Å². The minimum atomic E-state index is 0.178. The molecule has 3 aromatic rings. The van der Waals surface area contributed by atoms with Gasteiger partial charge in [-0.15, -0.1) is 11.8 Å². The molecule has 1 aromatic carbocycles. The molecule has 1 atom stereocenters. The Labute approximate surface area is 128 Å². The molecular formula is C16H19N3OS. The van der Waals surface area contributed by atoms with Crippen LogP contribution in [0.5, 0.6) is 0 Å². The van der Waals surface area contributed by atoms with E-state index in [2.05, 4.69) is 28.6 Å². The lowest BCUT2D eigenvalue weighted by Gasteiger charge is -2.12. The molecule has 5 heteroatoms. The minimum Gasteiger partial charge on any atom is -0.459 e. The van der Waals surface area contributed by atoms with Crippen LogP contribution in [0, 0.1) is 6.92 Å². The molecule has 0 bridgehead atoms. The molecule has 2 aromatic heterocycles. The number of benzene rings is 1. The van der Waals surface area contributed by atoms with E-state index in [9.17, 15) is 0 Å². The second-order valence-electron chi connectivity index (χ2n) is 5.09. The van der Waals surface area contributed by atoms with Crippen LogP contribution >= 0.6 is 11.8 Å². The zero-order valence-electron chi connectivity index (χ0n) is 12.5. The van der Waals surface area contributed by atoms with Crippen LogP contribution in [0.2, 0.25) is 0 Å². The van der Waals surface area contributed by atoms with Gasteiger partial charge in [-0.1, -0.05) is 18.2 Å². The molecule has 3 rings (SSSR count). The number of aromatic nitrogens is 2. The van der Waals surface area contributed by atoms with Gasteiger partial charge >= 0.3 is 0 Å². The average Bonchev–Trinajstić information content (AvgIpc) is 3.03. The highest BCUT2D eigenvalue weighted by Crippen LogP contribution is 2.28. The number of nitrogens with one attached hydrogen (secondary N) is 1. The van der Waals surface area contributed by atoms with Crippen LogP contribution < -0.4 is 5.32 Å². The first kappa shape index (κ1) is 14.2. The van der Waals surface area contributed by atoms with Gasteiger partial charge in [-0.05, 0) is 32.2 Å². The van der Waals surface area contributed by atoms with E-state index in [1.165, 1.54) is 5.03 Å². The van der Waals surface area contributed by atoms with Crippen LogP contribution in [0.15, 0.2) is 45.8 Å². The van der Waals surface area contributed by atoms with Gasteiger partial charge in [-0.25, -0.2) is 0 Å². The second kappa shape index (κ2) is 5.95. The molecule has 4 nitrogen and oxygen atoms in total. The van der Waals surface area contributed by atoms with Gasteiger partial charge in [0.1, 0.15) is 11.3 Å². The summed E-state index contributed by atoms with van der Waals surface area (Å²) >= 11 is 1.78. The fourth-order valence-electron chi connectivity index (χ4n) is 2.37. The van der Waals surface area contributed by atoms with E-state index in [1.54, 1.807) is 11.8 Å². The first-order chi connectivity index (χ1) is 10.2. The molecule has 21 heavy (non-hydrogen) atoms. The van der Waals surface area contributed by atoms with Crippen LogP contribution in [0.4, 0.5) is 0 Å². The molecule has 0 saturated carbocycles. The summed E-state index contributed by atoms with van der Waals surface area (Å²) in [5, 5.41) is 10.0. The number of hydrogen-bond donors (Lipinski definition) is 1. The van der Waals surface area contributed by atoms with Crippen molar-refractivity contribution < 1.29 is 4.42 Å². The number of para-hydroxylation sites is 1. The molecule has 0 aliphatic heterocycles. The van der Waals surface area contributed by atoms with Crippen molar-refractivity contribution in [2.45, 2.75) is 18.0 Å². The average molecular weight is 301 g/mol. The van der Waals surface area contributed by atoms with E-state index >= 15 is 0 Å². The molecule has 0 aliphatic carbocycles. The van der Waals surface area contributed by atoms with E-state index in [0.29, 0.717) is 0 Å². The van der Waals surface area contributed by atoms with Gasteiger partial charge in [0.2, 0.25) is 0 Å². The van der Waals surface area contributed by atoms with Gasteiger partial charge in [-0.3, -0.25) is 4.68 Å². The molecule has 110 valence electrons. The predicted octanol–water partition coefficient (Wildman–Crippen LogP) is 3.53. The van der Waals surface area contributed by atoms with Crippen molar-refractivity contribution in [2.24, 2.45) is 7.05 Å². The van der Waals surface area contributed by atoms with Crippen molar-refractivity contribution in [3.8, 4) is 0 Å².